The maximum absolute atomic E-state index is 12.2. The van der Waals surface area contributed by atoms with Crippen LogP contribution in [0.4, 0.5) is 0 Å². The number of sulfone groups is 1. The molecule has 0 aliphatic rings. The highest BCUT2D eigenvalue weighted by molar-refractivity contribution is 9.10. The molecule has 0 aromatic heterocycles. The first-order chi connectivity index (χ1) is 7.39. The summed E-state index contributed by atoms with van der Waals surface area (Å²) in [5.41, 5.74) is 5.54. The molecule has 90 valence electrons. The molecule has 0 spiro atoms. The number of halogens is 1. The maximum atomic E-state index is 12.2. The second-order valence-corrected chi connectivity index (χ2v) is 7.10. The van der Waals surface area contributed by atoms with Gasteiger partial charge >= 0.3 is 0 Å². The van der Waals surface area contributed by atoms with E-state index in [1.54, 1.807) is 24.3 Å². The standard InChI is InChI=1S/C11H16BrNO2S/c1-8(2)11(7-13)16(14,15)10-5-3-9(12)4-6-10/h3-6,8,11H,7,13H2,1-2H3. The van der Waals surface area contributed by atoms with Crippen LogP contribution in [0.5, 0.6) is 0 Å². The van der Waals surface area contributed by atoms with Crippen LogP contribution < -0.4 is 5.73 Å². The van der Waals surface area contributed by atoms with E-state index in [1.807, 2.05) is 13.8 Å². The quantitative estimate of drug-likeness (QED) is 0.928. The van der Waals surface area contributed by atoms with E-state index in [2.05, 4.69) is 15.9 Å². The van der Waals surface area contributed by atoms with Crippen LogP contribution in [0.25, 0.3) is 0 Å². The van der Waals surface area contributed by atoms with Crippen molar-refractivity contribution < 1.29 is 8.42 Å². The molecule has 3 nitrogen and oxygen atoms in total. The zero-order chi connectivity index (χ0) is 12.3. The first-order valence-electron chi connectivity index (χ1n) is 5.09. The molecule has 0 bridgehead atoms. The summed E-state index contributed by atoms with van der Waals surface area (Å²) in [6.45, 7) is 3.89. The van der Waals surface area contributed by atoms with Crippen molar-refractivity contribution in [1.29, 1.82) is 0 Å². The molecule has 0 radical (unpaired) electrons. The van der Waals surface area contributed by atoms with Gasteiger partial charge in [-0.3, -0.25) is 0 Å². The van der Waals surface area contributed by atoms with Gasteiger partial charge in [0.15, 0.2) is 9.84 Å². The van der Waals surface area contributed by atoms with Crippen LogP contribution in [0.1, 0.15) is 13.8 Å². The third-order valence-corrected chi connectivity index (χ3v) is 5.51. The lowest BCUT2D eigenvalue weighted by molar-refractivity contribution is 0.533. The molecule has 1 aromatic carbocycles. The van der Waals surface area contributed by atoms with Gasteiger partial charge in [0.2, 0.25) is 0 Å². The summed E-state index contributed by atoms with van der Waals surface area (Å²) in [6.07, 6.45) is 0. The van der Waals surface area contributed by atoms with Crippen molar-refractivity contribution >= 4 is 25.8 Å². The van der Waals surface area contributed by atoms with E-state index in [-0.39, 0.29) is 12.5 Å². The Morgan fingerprint density at radius 3 is 2.12 bits per heavy atom. The number of hydrogen-bond donors (Lipinski definition) is 1. The van der Waals surface area contributed by atoms with Gasteiger partial charge in [0, 0.05) is 11.0 Å². The highest BCUT2D eigenvalue weighted by atomic mass is 79.9. The third-order valence-electron chi connectivity index (χ3n) is 2.52. The zero-order valence-electron chi connectivity index (χ0n) is 9.35. The van der Waals surface area contributed by atoms with E-state index in [9.17, 15) is 8.42 Å². The molecular weight excluding hydrogens is 290 g/mol. The van der Waals surface area contributed by atoms with Gasteiger partial charge in [-0.15, -0.1) is 0 Å². The number of rotatable bonds is 4. The van der Waals surface area contributed by atoms with Gasteiger partial charge in [-0.05, 0) is 30.2 Å². The third kappa shape index (κ3) is 2.84. The molecule has 0 aliphatic carbocycles. The van der Waals surface area contributed by atoms with Gasteiger partial charge in [0.25, 0.3) is 0 Å². The first kappa shape index (κ1) is 13.7. The molecule has 16 heavy (non-hydrogen) atoms. The van der Waals surface area contributed by atoms with Crippen LogP contribution in [-0.4, -0.2) is 20.2 Å². The Labute approximate surface area is 105 Å². The topological polar surface area (TPSA) is 60.2 Å². The monoisotopic (exact) mass is 305 g/mol. The highest BCUT2D eigenvalue weighted by Crippen LogP contribution is 2.22. The van der Waals surface area contributed by atoms with Crippen molar-refractivity contribution in [1.82, 2.24) is 0 Å². The van der Waals surface area contributed by atoms with Crippen molar-refractivity contribution in [3.8, 4) is 0 Å². The van der Waals surface area contributed by atoms with Crippen LogP contribution in [0.2, 0.25) is 0 Å². The first-order valence-corrected chi connectivity index (χ1v) is 7.43. The molecule has 0 fully saturated rings. The number of nitrogens with two attached hydrogens (primary N) is 1. The molecule has 2 N–H and O–H groups in total. The molecule has 1 rings (SSSR count). The van der Waals surface area contributed by atoms with Crippen molar-refractivity contribution in [2.75, 3.05) is 6.54 Å². The SMILES string of the molecule is CC(C)C(CN)S(=O)(=O)c1ccc(Br)cc1. The largest absolute Gasteiger partial charge is 0.329 e. The van der Waals surface area contributed by atoms with Crippen molar-refractivity contribution in [2.24, 2.45) is 11.7 Å². The summed E-state index contributed by atoms with van der Waals surface area (Å²) in [4.78, 5) is 0.333. The molecule has 1 atom stereocenters. The molecule has 0 aliphatic heterocycles. The van der Waals surface area contributed by atoms with Gasteiger partial charge in [0.1, 0.15) is 0 Å². The Morgan fingerprint density at radius 2 is 1.75 bits per heavy atom. The molecule has 5 heteroatoms. The molecule has 0 heterocycles. The van der Waals surface area contributed by atoms with Crippen molar-refractivity contribution in [3.63, 3.8) is 0 Å². The number of benzene rings is 1. The van der Waals surface area contributed by atoms with Gasteiger partial charge in [-0.1, -0.05) is 29.8 Å². The van der Waals surface area contributed by atoms with E-state index < -0.39 is 15.1 Å². The molecular formula is C11H16BrNO2S. The lowest BCUT2D eigenvalue weighted by atomic mass is 10.1. The van der Waals surface area contributed by atoms with Crippen LogP contribution in [0.15, 0.2) is 33.6 Å². The summed E-state index contributed by atoms with van der Waals surface area (Å²) in [6, 6.07) is 6.65. The Hall–Kier alpha value is -0.390. The fraction of sp³-hybridized carbons (Fsp3) is 0.455. The smallest absolute Gasteiger partial charge is 0.182 e. The van der Waals surface area contributed by atoms with Crippen LogP contribution >= 0.6 is 15.9 Å². The maximum Gasteiger partial charge on any atom is 0.182 e. The van der Waals surface area contributed by atoms with Crippen LogP contribution in [-0.2, 0) is 9.84 Å². The summed E-state index contributed by atoms with van der Waals surface area (Å²) in [7, 11) is -3.31. The number of hydrogen-bond acceptors (Lipinski definition) is 3. The highest BCUT2D eigenvalue weighted by Gasteiger charge is 2.28. The normalized spacial score (nSPS) is 14.1. The lowest BCUT2D eigenvalue weighted by Gasteiger charge is -2.19. The van der Waals surface area contributed by atoms with Crippen LogP contribution in [0, 0.1) is 5.92 Å². The predicted octanol–water partition coefficient (Wildman–Crippen LogP) is 2.21. The molecule has 0 amide bonds. The molecule has 1 unspecified atom stereocenters. The summed E-state index contributed by atoms with van der Waals surface area (Å²) < 4.78 is 25.3. The second-order valence-electron chi connectivity index (χ2n) is 4.02. The molecule has 0 saturated heterocycles. The molecule has 0 saturated carbocycles. The molecule has 1 aromatic rings. The van der Waals surface area contributed by atoms with Gasteiger partial charge < -0.3 is 5.73 Å². The van der Waals surface area contributed by atoms with Crippen molar-refractivity contribution in [3.05, 3.63) is 28.7 Å². The van der Waals surface area contributed by atoms with Crippen molar-refractivity contribution in [2.45, 2.75) is 24.0 Å². The fourth-order valence-corrected chi connectivity index (χ4v) is 3.66. The fourth-order valence-electron chi connectivity index (χ4n) is 1.56. The Morgan fingerprint density at radius 1 is 1.25 bits per heavy atom. The summed E-state index contributed by atoms with van der Waals surface area (Å²) in [5, 5.41) is -0.520. The van der Waals surface area contributed by atoms with E-state index in [1.165, 1.54) is 0 Å². The average Bonchev–Trinajstić information content (AvgIpc) is 2.18. The second kappa shape index (κ2) is 5.29. The minimum atomic E-state index is -3.31. The minimum Gasteiger partial charge on any atom is -0.329 e. The van der Waals surface area contributed by atoms with Gasteiger partial charge in [-0.2, -0.15) is 0 Å². The van der Waals surface area contributed by atoms with E-state index in [0.717, 1.165) is 4.47 Å². The van der Waals surface area contributed by atoms with Crippen LogP contribution in [0.3, 0.4) is 0 Å². The van der Waals surface area contributed by atoms with E-state index in [0.29, 0.717) is 4.90 Å². The summed E-state index contributed by atoms with van der Waals surface area (Å²) >= 11 is 3.28. The lowest BCUT2D eigenvalue weighted by Crippen LogP contribution is -2.34. The predicted molar refractivity (Wildman–Crippen MR) is 69.0 cm³/mol. The Bertz CT molecular complexity index is 440. The zero-order valence-corrected chi connectivity index (χ0v) is 11.8. The average molecular weight is 306 g/mol. The Balaban J connectivity index is 3.15. The van der Waals surface area contributed by atoms with Gasteiger partial charge in [-0.25, -0.2) is 8.42 Å². The van der Waals surface area contributed by atoms with Gasteiger partial charge in [0.05, 0.1) is 10.1 Å². The Kier molecular flexibility index (Phi) is 4.52. The minimum absolute atomic E-state index is 0.0126. The summed E-state index contributed by atoms with van der Waals surface area (Å²) in [5.74, 6) is 0.0126. The van der Waals surface area contributed by atoms with E-state index >= 15 is 0 Å². The van der Waals surface area contributed by atoms with E-state index in [4.69, 9.17) is 5.73 Å².